The summed E-state index contributed by atoms with van der Waals surface area (Å²) in [6, 6.07) is 4.24. The summed E-state index contributed by atoms with van der Waals surface area (Å²) >= 11 is 0. The summed E-state index contributed by atoms with van der Waals surface area (Å²) in [5.41, 5.74) is -0.644. The molecule has 0 bridgehead atoms. The van der Waals surface area contributed by atoms with Crippen LogP contribution in [-0.4, -0.2) is 49.9 Å². The molecule has 2 heterocycles. The van der Waals surface area contributed by atoms with Crippen molar-refractivity contribution in [2.75, 3.05) is 0 Å². The Morgan fingerprint density at radius 2 is 2.07 bits per heavy atom. The van der Waals surface area contributed by atoms with Gasteiger partial charge in [0.2, 0.25) is 0 Å². The molecule has 29 heavy (non-hydrogen) atoms. The van der Waals surface area contributed by atoms with Gasteiger partial charge < -0.3 is 20.7 Å². The number of nitrogens with one attached hydrogen (secondary N) is 1. The third kappa shape index (κ3) is 3.20. The average molecular weight is 402 g/mol. The molecule has 0 saturated carbocycles. The van der Waals surface area contributed by atoms with Crippen LogP contribution in [-0.2, 0) is 9.59 Å². The van der Waals surface area contributed by atoms with Gasteiger partial charge in [-0.05, 0) is 41.2 Å². The molecule has 0 spiro atoms. The first-order valence-electron chi connectivity index (χ1n) is 9.10. The maximum atomic E-state index is 12.7. The molecule has 1 aromatic carbocycles. The van der Waals surface area contributed by atoms with Gasteiger partial charge in [-0.2, -0.15) is 0 Å². The first-order chi connectivity index (χ1) is 13.7. The number of allylic oxidation sites excluding steroid dienone is 1. The monoisotopic (exact) mass is 402 g/mol. The molecule has 0 radical (unpaired) electrons. The Labute approximate surface area is 165 Å². The van der Waals surface area contributed by atoms with Crippen molar-refractivity contribution in [2.45, 2.75) is 39.2 Å². The third-order valence-electron chi connectivity index (χ3n) is 5.43. The fraction of sp³-hybridized carbons (Fsp3) is 0.421. The highest BCUT2D eigenvalue weighted by molar-refractivity contribution is 6.00. The summed E-state index contributed by atoms with van der Waals surface area (Å²) in [6.07, 6.45) is 1.17. The molecule has 0 saturated heterocycles. The normalized spacial score (nSPS) is 25.0. The minimum absolute atomic E-state index is 0.0339. The first kappa shape index (κ1) is 20.3. The Hall–Kier alpha value is -3.43. The van der Waals surface area contributed by atoms with E-state index in [0.717, 1.165) is 6.21 Å². The lowest BCUT2D eigenvalue weighted by Crippen LogP contribution is -2.57. The van der Waals surface area contributed by atoms with Crippen molar-refractivity contribution in [3.05, 3.63) is 35.0 Å². The minimum atomic E-state index is -1.51. The van der Waals surface area contributed by atoms with Crippen LogP contribution in [0.2, 0.25) is 0 Å². The smallest absolute Gasteiger partial charge is 0.334 e. The summed E-state index contributed by atoms with van der Waals surface area (Å²) in [7, 11) is 0. The second kappa shape index (κ2) is 7.53. The molecule has 2 aromatic rings. The van der Waals surface area contributed by atoms with Crippen LogP contribution in [0.15, 0.2) is 39.3 Å². The molecular weight excluding hydrogens is 380 g/mol. The number of carboxylic acid groups (broad SMARTS) is 2. The second-order valence-electron chi connectivity index (χ2n) is 7.60. The number of oxime groups is 1. The predicted molar refractivity (Wildman–Crippen MR) is 102 cm³/mol. The number of rotatable bonds is 6. The molecule has 3 unspecified atom stereocenters. The van der Waals surface area contributed by atoms with Gasteiger partial charge in [0.05, 0.1) is 22.9 Å². The van der Waals surface area contributed by atoms with Crippen LogP contribution in [0.25, 0.3) is 11.0 Å². The number of fused-ring (bicyclic) bond motifs is 1. The Morgan fingerprint density at radius 3 is 2.66 bits per heavy atom. The standard InChI is InChI=1S/C19H22N4O6/c1-9(2)7-19(18(26)27)10(3)21-13(8-20-28)14(17(24)25)15(19)11-5-4-6-12-16(11)23-29-22-12/h4-6,8-10,15,21,28H,7H2,1-3H3,(H,24,25)(H,26,27). The van der Waals surface area contributed by atoms with Crippen LogP contribution >= 0.6 is 0 Å². The van der Waals surface area contributed by atoms with Gasteiger partial charge in [-0.3, -0.25) is 4.79 Å². The maximum absolute atomic E-state index is 12.7. The predicted octanol–water partition coefficient (Wildman–Crippen LogP) is 2.21. The van der Waals surface area contributed by atoms with E-state index < -0.39 is 29.3 Å². The zero-order valence-corrected chi connectivity index (χ0v) is 16.2. The van der Waals surface area contributed by atoms with Gasteiger partial charge in [0.25, 0.3) is 0 Å². The Balaban J connectivity index is 2.44. The molecule has 10 heteroatoms. The van der Waals surface area contributed by atoms with Gasteiger partial charge in [-0.15, -0.1) is 0 Å². The van der Waals surface area contributed by atoms with Gasteiger partial charge in [-0.1, -0.05) is 31.1 Å². The van der Waals surface area contributed by atoms with Crippen molar-refractivity contribution in [2.24, 2.45) is 16.5 Å². The number of benzene rings is 1. The van der Waals surface area contributed by atoms with E-state index in [1.807, 2.05) is 13.8 Å². The van der Waals surface area contributed by atoms with E-state index >= 15 is 0 Å². The number of aromatic nitrogens is 2. The molecule has 0 amide bonds. The zero-order valence-electron chi connectivity index (χ0n) is 16.2. The number of nitrogens with zero attached hydrogens (tertiary/aromatic N) is 3. The number of hydrogen-bond donors (Lipinski definition) is 4. The number of aliphatic carboxylic acids is 2. The van der Waals surface area contributed by atoms with Crippen LogP contribution in [0, 0.1) is 11.3 Å². The van der Waals surface area contributed by atoms with Crippen molar-refractivity contribution in [1.82, 2.24) is 15.6 Å². The lowest BCUT2D eigenvalue weighted by molar-refractivity contribution is -0.154. The number of carboxylic acids is 2. The van der Waals surface area contributed by atoms with Crippen LogP contribution < -0.4 is 5.32 Å². The van der Waals surface area contributed by atoms with E-state index in [1.54, 1.807) is 25.1 Å². The van der Waals surface area contributed by atoms with Crippen molar-refractivity contribution in [1.29, 1.82) is 0 Å². The second-order valence-corrected chi connectivity index (χ2v) is 7.60. The third-order valence-corrected chi connectivity index (χ3v) is 5.43. The van der Waals surface area contributed by atoms with Crippen LogP contribution in [0.5, 0.6) is 0 Å². The number of hydrogen-bond acceptors (Lipinski definition) is 8. The molecule has 0 aliphatic carbocycles. The van der Waals surface area contributed by atoms with E-state index in [2.05, 4.69) is 20.8 Å². The van der Waals surface area contributed by atoms with Gasteiger partial charge >= 0.3 is 11.9 Å². The molecule has 1 aliphatic rings. The molecule has 10 nitrogen and oxygen atoms in total. The molecule has 3 atom stereocenters. The summed E-state index contributed by atoms with van der Waals surface area (Å²) in [6.45, 7) is 5.43. The van der Waals surface area contributed by atoms with Gasteiger partial charge in [0.15, 0.2) is 0 Å². The highest BCUT2D eigenvalue weighted by Gasteiger charge is 2.57. The van der Waals surface area contributed by atoms with Gasteiger partial charge in [0.1, 0.15) is 11.0 Å². The largest absolute Gasteiger partial charge is 0.481 e. The Morgan fingerprint density at radius 1 is 1.34 bits per heavy atom. The highest BCUT2D eigenvalue weighted by Crippen LogP contribution is 2.52. The molecule has 0 fully saturated rings. The van der Waals surface area contributed by atoms with Crippen molar-refractivity contribution >= 4 is 29.2 Å². The average Bonchev–Trinajstić information content (AvgIpc) is 3.11. The van der Waals surface area contributed by atoms with Crippen LogP contribution in [0.3, 0.4) is 0 Å². The molecule has 1 aromatic heterocycles. The SMILES string of the molecule is CC(C)CC1(C(=O)O)C(C)NC(C=NO)=C(C(=O)O)C1c1cccc2nonc12. The molecular formula is C19H22N4O6. The van der Waals surface area contributed by atoms with Crippen LogP contribution in [0.1, 0.15) is 38.7 Å². The summed E-state index contributed by atoms with van der Waals surface area (Å²) in [5.74, 6) is -3.61. The van der Waals surface area contributed by atoms with E-state index in [4.69, 9.17) is 9.84 Å². The molecule has 1 aliphatic heterocycles. The maximum Gasteiger partial charge on any atom is 0.334 e. The molecule has 3 rings (SSSR count). The fourth-order valence-electron chi connectivity index (χ4n) is 4.37. The Bertz CT molecular complexity index is 1010. The van der Waals surface area contributed by atoms with Crippen LogP contribution in [0.4, 0.5) is 0 Å². The summed E-state index contributed by atoms with van der Waals surface area (Å²) in [5, 5.41) is 43.0. The fourth-order valence-corrected chi connectivity index (χ4v) is 4.37. The van der Waals surface area contributed by atoms with E-state index in [9.17, 15) is 19.8 Å². The van der Waals surface area contributed by atoms with Gasteiger partial charge in [-0.25, -0.2) is 9.42 Å². The van der Waals surface area contributed by atoms with Gasteiger partial charge in [0, 0.05) is 12.0 Å². The summed E-state index contributed by atoms with van der Waals surface area (Å²) in [4.78, 5) is 25.0. The molecule has 4 N–H and O–H groups in total. The quantitative estimate of drug-likeness (QED) is 0.323. The van der Waals surface area contributed by atoms with Crippen molar-refractivity contribution in [3.8, 4) is 0 Å². The lowest BCUT2D eigenvalue weighted by Gasteiger charge is -2.47. The topological polar surface area (TPSA) is 158 Å². The highest BCUT2D eigenvalue weighted by atomic mass is 16.6. The zero-order chi connectivity index (χ0) is 21.3. The Kier molecular flexibility index (Phi) is 5.27. The van der Waals surface area contributed by atoms with Crippen molar-refractivity contribution < 1.29 is 29.6 Å². The minimum Gasteiger partial charge on any atom is -0.481 e. The summed E-state index contributed by atoms with van der Waals surface area (Å²) < 4.78 is 4.81. The van der Waals surface area contributed by atoms with E-state index in [0.29, 0.717) is 16.6 Å². The first-order valence-corrected chi connectivity index (χ1v) is 9.10. The lowest BCUT2D eigenvalue weighted by atomic mass is 9.59. The van der Waals surface area contributed by atoms with Crippen molar-refractivity contribution in [3.63, 3.8) is 0 Å². The van der Waals surface area contributed by atoms with E-state index in [1.165, 1.54) is 0 Å². The number of carbonyl (C=O) groups is 2. The van der Waals surface area contributed by atoms with E-state index in [-0.39, 0.29) is 23.6 Å². The molecule has 154 valence electrons.